The zero-order valence-corrected chi connectivity index (χ0v) is 18.9. The zero-order chi connectivity index (χ0) is 23.6. The fraction of sp³-hybridized carbons (Fsp3) is 0.478. The van der Waals surface area contributed by atoms with Crippen LogP contribution in [0, 0.1) is 26.6 Å². The molecule has 32 heavy (non-hydrogen) atoms. The first-order chi connectivity index (χ1) is 15.1. The molecule has 0 aliphatic carbocycles. The molecule has 1 aliphatic heterocycles. The molecule has 1 aromatic heterocycles. The Balaban J connectivity index is 1.85. The lowest BCUT2D eigenvalue weighted by molar-refractivity contribution is -0.133. The van der Waals surface area contributed by atoms with Crippen molar-refractivity contribution >= 4 is 17.5 Å². The van der Waals surface area contributed by atoms with Gasteiger partial charge in [0.2, 0.25) is 0 Å². The van der Waals surface area contributed by atoms with Gasteiger partial charge in [-0.05, 0) is 76.0 Å². The molecule has 0 radical (unpaired) electrons. The molecule has 2 amide bonds. The van der Waals surface area contributed by atoms with Gasteiger partial charge in [0.05, 0.1) is 23.4 Å². The second kappa shape index (κ2) is 9.40. The monoisotopic (exact) mass is 446 g/mol. The maximum atomic E-state index is 13.5. The molecule has 0 saturated carbocycles. The number of rotatable bonds is 6. The number of hydrogen-bond donors (Lipinski definition) is 5. The van der Waals surface area contributed by atoms with Crippen LogP contribution in [0.15, 0.2) is 18.2 Å². The van der Waals surface area contributed by atoms with Gasteiger partial charge in [-0.1, -0.05) is 0 Å². The molecule has 1 aliphatic rings. The summed E-state index contributed by atoms with van der Waals surface area (Å²) in [6.07, 6.45) is -0.401. The lowest BCUT2D eigenvalue weighted by Gasteiger charge is -2.37. The molecule has 9 heteroatoms. The Morgan fingerprint density at radius 1 is 1.25 bits per heavy atom. The van der Waals surface area contributed by atoms with Gasteiger partial charge in [-0.2, -0.15) is 0 Å². The summed E-state index contributed by atoms with van der Waals surface area (Å²) in [5.41, 5.74) is 1.79. The number of benzene rings is 1. The van der Waals surface area contributed by atoms with Gasteiger partial charge in [-0.3, -0.25) is 9.59 Å². The normalized spacial score (nSPS) is 16.5. The third-order valence-electron chi connectivity index (χ3n) is 6.39. The Morgan fingerprint density at radius 2 is 1.91 bits per heavy atom. The lowest BCUT2D eigenvalue weighted by Crippen LogP contribution is -2.57. The van der Waals surface area contributed by atoms with E-state index in [1.54, 1.807) is 32.4 Å². The van der Waals surface area contributed by atoms with E-state index < -0.39 is 23.5 Å². The molecule has 1 fully saturated rings. The Kier molecular flexibility index (Phi) is 7.02. The second-order valence-corrected chi connectivity index (χ2v) is 8.53. The number of hydrogen-bond acceptors (Lipinski definition) is 5. The molecular formula is C23H31FN4O4. The van der Waals surface area contributed by atoms with Gasteiger partial charge in [0.1, 0.15) is 5.82 Å². The molecule has 2 aromatic rings. The fourth-order valence-corrected chi connectivity index (χ4v) is 4.32. The smallest absolute Gasteiger partial charge is 0.257 e. The highest BCUT2D eigenvalue weighted by molar-refractivity contribution is 6.06. The average molecular weight is 447 g/mol. The van der Waals surface area contributed by atoms with E-state index in [1.807, 2.05) is 0 Å². The van der Waals surface area contributed by atoms with Gasteiger partial charge < -0.3 is 30.7 Å². The standard InChI is InChI=1S/C23H31FN4O4/c1-13-11-16(5-6-17(13)24)26-21(31)18-14(2)19(28(4)15(18)3)20(30)22(32)27-23(12-29)7-9-25-10-8-23/h5-6,11,20,25,29-30H,7-10,12H2,1-4H3,(H,26,31)(H,27,32). The van der Waals surface area contributed by atoms with Crippen molar-refractivity contribution in [2.24, 2.45) is 7.05 Å². The minimum atomic E-state index is -1.51. The topological polar surface area (TPSA) is 116 Å². The summed E-state index contributed by atoms with van der Waals surface area (Å²) in [5, 5.41) is 29.5. The van der Waals surface area contributed by atoms with Gasteiger partial charge in [0.15, 0.2) is 6.10 Å². The number of anilines is 1. The van der Waals surface area contributed by atoms with Crippen LogP contribution in [0.4, 0.5) is 10.1 Å². The first kappa shape index (κ1) is 23.9. The second-order valence-electron chi connectivity index (χ2n) is 8.53. The molecule has 1 atom stereocenters. The van der Waals surface area contributed by atoms with Gasteiger partial charge in [0, 0.05) is 18.4 Å². The van der Waals surface area contributed by atoms with Gasteiger partial charge in [-0.25, -0.2) is 4.39 Å². The largest absolute Gasteiger partial charge is 0.394 e. The van der Waals surface area contributed by atoms with Crippen LogP contribution in [-0.4, -0.2) is 51.8 Å². The summed E-state index contributed by atoms with van der Waals surface area (Å²) in [5.74, 6) is -1.39. The number of halogens is 1. The number of amides is 2. The molecule has 1 saturated heterocycles. The van der Waals surface area contributed by atoms with Crippen LogP contribution < -0.4 is 16.0 Å². The number of aryl methyl sites for hydroxylation is 1. The van der Waals surface area contributed by atoms with Crippen LogP contribution in [0.3, 0.4) is 0 Å². The van der Waals surface area contributed by atoms with E-state index >= 15 is 0 Å². The Bertz CT molecular complexity index is 1030. The predicted octanol–water partition coefficient (Wildman–Crippen LogP) is 1.61. The van der Waals surface area contributed by atoms with Crippen molar-refractivity contribution in [2.45, 2.75) is 45.3 Å². The van der Waals surface area contributed by atoms with Crippen LogP contribution in [0.2, 0.25) is 0 Å². The van der Waals surface area contributed by atoms with E-state index in [0.717, 1.165) is 0 Å². The average Bonchev–Trinajstić information content (AvgIpc) is 2.99. The summed E-state index contributed by atoms with van der Waals surface area (Å²) < 4.78 is 15.2. The van der Waals surface area contributed by atoms with Crippen molar-refractivity contribution in [1.82, 2.24) is 15.2 Å². The molecule has 1 unspecified atom stereocenters. The summed E-state index contributed by atoms with van der Waals surface area (Å²) in [6, 6.07) is 4.30. The molecule has 0 bridgehead atoms. The maximum absolute atomic E-state index is 13.5. The third-order valence-corrected chi connectivity index (χ3v) is 6.39. The number of piperidine rings is 1. The highest BCUT2D eigenvalue weighted by Gasteiger charge is 2.36. The highest BCUT2D eigenvalue weighted by atomic mass is 19.1. The Morgan fingerprint density at radius 3 is 2.50 bits per heavy atom. The van der Waals surface area contributed by atoms with E-state index in [4.69, 9.17) is 0 Å². The minimum absolute atomic E-state index is 0.219. The molecule has 1 aromatic carbocycles. The van der Waals surface area contributed by atoms with Crippen molar-refractivity contribution in [3.8, 4) is 0 Å². The summed E-state index contributed by atoms with van der Waals surface area (Å²) >= 11 is 0. The van der Waals surface area contributed by atoms with Crippen molar-refractivity contribution < 1.29 is 24.2 Å². The van der Waals surface area contributed by atoms with E-state index in [0.29, 0.717) is 59.7 Å². The number of nitrogens with one attached hydrogen (secondary N) is 3. The summed E-state index contributed by atoms with van der Waals surface area (Å²) in [7, 11) is 1.68. The van der Waals surface area contributed by atoms with Crippen molar-refractivity contribution in [3.05, 3.63) is 52.1 Å². The molecule has 2 heterocycles. The molecule has 8 nitrogen and oxygen atoms in total. The van der Waals surface area contributed by atoms with Gasteiger partial charge in [-0.15, -0.1) is 0 Å². The van der Waals surface area contributed by atoms with Crippen molar-refractivity contribution in [1.29, 1.82) is 0 Å². The van der Waals surface area contributed by atoms with Crippen LogP contribution in [-0.2, 0) is 11.8 Å². The molecule has 0 spiro atoms. The number of carbonyl (C=O) groups excluding carboxylic acids is 2. The van der Waals surface area contributed by atoms with E-state index in [1.165, 1.54) is 18.2 Å². The molecule has 174 valence electrons. The number of carbonyl (C=O) groups is 2. The van der Waals surface area contributed by atoms with E-state index in [-0.39, 0.29) is 12.4 Å². The lowest BCUT2D eigenvalue weighted by atomic mass is 9.88. The van der Waals surface area contributed by atoms with E-state index in [2.05, 4.69) is 16.0 Å². The number of aliphatic hydroxyl groups excluding tert-OH is 2. The molecule has 5 N–H and O–H groups in total. The maximum Gasteiger partial charge on any atom is 0.257 e. The van der Waals surface area contributed by atoms with Crippen molar-refractivity contribution in [3.63, 3.8) is 0 Å². The van der Waals surface area contributed by atoms with Crippen LogP contribution >= 0.6 is 0 Å². The van der Waals surface area contributed by atoms with Crippen LogP contribution in [0.5, 0.6) is 0 Å². The molecular weight excluding hydrogens is 415 g/mol. The zero-order valence-electron chi connectivity index (χ0n) is 18.9. The van der Waals surface area contributed by atoms with Gasteiger partial charge >= 0.3 is 0 Å². The Labute approximate surface area is 186 Å². The number of nitrogens with zero attached hydrogens (tertiary/aromatic N) is 1. The van der Waals surface area contributed by atoms with Gasteiger partial charge in [0.25, 0.3) is 11.8 Å². The summed E-state index contributed by atoms with van der Waals surface area (Å²) in [6.45, 7) is 6.12. The number of aliphatic hydroxyl groups is 2. The Hall–Kier alpha value is -2.75. The van der Waals surface area contributed by atoms with Crippen LogP contribution in [0.25, 0.3) is 0 Å². The number of aromatic nitrogens is 1. The first-order valence-electron chi connectivity index (χ1n) is 10.6. The minimum Gasteiger partial charge on any atom is -0.394 e. The summed E-state index contributed by atoms with van der Waals surface area (Å²) in [4.78, 5) is 25.9. The predicted molar refractivity (Wildman–Crippen MR) is 119 cm³/mol. The van der Waals surface area contributed by atoms with Crippen LogP contribution in [0.1, 0.15) is 51.8 Å². The quantitative estimate of drug-likeness (QED) is 0.462. The third kappa shape index (κ3) is 4.55. The molecule has 3 rings (SSSR count). The SMILES string of the molecule is Cc1cc(NC(=O)c2c(C)c(C(O)C(=O)NC3(CO)CCNCC3)n(C)c2C)ccc1F. The fourth-order valence-electron chi connectivity index (χ4n) is 4.32. The highest BCUT2D eigenvalue weighted by Crippen LogP contribution is 2.29. The van der Waals surface area contributed by atoms with E-state index in [9.17, 15) is 24.2 Å². The van der Waals surface area contributed by atoms with Crippen molar-refractivity contribution in [2.75, 3.05) is 25.0 Å². The first-order valence-corrected chi connectivity index (χ1v) is 10.6.